The highest BCUT2D eigenvalue weighted by molar-refractivity contribution is 7.15. The minimum atomic E-state index is -0.826. The number of ether oxygens (including phenoxy) is 1. The van der Waals surface area contributed by atoms with Gasteiger partial charge in [0.25, 0.3) is 0 Å². The van der Waals surface area contributed by atoms with Gasteiger partial charge in [0.2, 0.25) is 0 Å². The van der Waals surface area contributed by atoms with E-state index in [2.05, 4.69) is 4.98 Å². The third kappa shape index (κ3) is 3.17. The molecule has 0 amide bonds. The van der Waals surface area contributed by atoms with Gasteiger partial charge in [-0.25, -0.2) is 4.98 Å². The molecule has 0 bridgehead atoms. The number of benzene rings is 1. The third-order valence-electron chi connectivity index (χ3n) is 2.84. The lowest BCUT2D eigenvalue weighted by molar-refractivity contribution is -0.136. The number of hydrogen-bond acceptors (Lipinski definition) is 4. The quantitative estimate of drug-likeness (QED) is 0.886. The van der Waals surface area contributed by atoms with Crippen LogP contribution in [0.2, 0.25) is 0 Å². The molecule has 0 unspecified atom stereocenters. The number of carboxylic acid groups (broad SMARTS) is 1. The van der Waals surface area contributed by atoms with E-state index in [9.17, 15) is 4.79 Å². The molecule has 106 valence electrons. The van der Waals surface area contributed by atoms with Crippen LogP contribution in [-0.2, 0) is 17.6 Å². The predicted octanol–water partition coefficient (Wildman–Crippen LogP) is 3.40. The molecule has 0 radical (unpaired) electrons. The predicted molar refractivity (Wildman–Crippen MR) is 79.4 cm³/mol. The Morgan fingerprint density at radius 2 is 2.10 bits per heavy atom. The monoisotopic (exact) mass is 291 g/mol. The van der Waals surface area contributed by atoms with Crippen molar-refractivity contribution in [1.29, 1.82) is 0 Å². The van der Waals surface area contributed by atoms with Crippen molar-refractivity contribution in [2.24, 2.45) is 0 Å². The Balaban J connectivity index is 2.42. The minimum Gasteiger partial charge on any atom is -0.493 e. The van der Waals surface area contributed by atoms with E-state index in [0.29, 0.717) is 6.61 Å². The summed E-state index contributed by atoms with van der Waals surface area (Å²) in [5.41, 5.74) is 1.78. The van der Waals surface area contributed by atoms with Crippen molar-refractivity contribution in [3.63, 3.8) is 0 Å². The molecule has 2 aromatic rings. The van der Waals surface area contributed by atoms with Crippen LogP contribution in [0.4, 0.5) is 0 Å². The van der Waals surface area contributed by atoms with Crippen LogP contribution in [0.1, 0.15) is 24.4 Å². The molecule has 0 atom stereocenters. The Bertz CT molecular complexity index is 607. The molecule has 0 aliphatic rings. The summed E-state index contributed by atoms with van der Waals surface area (Å²) in [6, 6.07) is 7.71. The van der Waals surface area contributed by atoms with Gasteiger partial charge in [0, 0.05) is 4.88 Å². The minimum absolute atomic E-state index is 0.0254. The third-order valence-corrected chi connectivity index (χ3v) is 3.97. The SMILES string of the molecule is CCOc1ccccc1-c1nc(CC)c(CC(=O)O)s1. The van der Waals surface area contributed by atoms with E-state index in [-0.39, 0.29) is 6.42 Å². The van der Waals surface area contributed by atoms with Gasteiger partial charge in [-0.05, 0) is 25.5 Å². The van der Waals surface area contributed by atoms with Gasteiger partial charge in [0.1, 0.15) is 10.8 Å². The van der Waals surface area contributed by atoms with Crippen LogP contribution in [0.25, 0.3) is 10.6 Å². The molecule has 1 heterocycles. The maximum atomic E-state index is 10.9. The van der Waals surface area contributed by atoms with Crippen molar-refractivity contribution in [3.8, 4) is 16.3 Å². The highest BCUT2D eigenvalue weighted by Gasteiger charge is 2.16. The second-order valence-corrected chi connectivity index (χ2v) is 5.33. The van der Waals surface area contributed by atoms with Gasteiger partial charge in [-0.1, -0.05) is 19.1 Å². The summed E-state index contributed by atoms with van der Waals surface area (Å²) < 4.78 is 5.61. The Labute approximate surface area is 122 Å². The van der Waals surface area contributed by atoms with E-state index in [1.54, 1.807) is 0 Å². The summed E-state index contributed by atoms with van der Waals surface area (Å²) in [7, 11) is 0. The van der Waals surface area contributed by atoms with Crippen molar-refractivity contribution in [3.05, 3.63) is 34.8 Å². The van der Waals surface area contributed by atoms with Crippen LogP contribution >= 0.6 is 11.3 Å². The standard InChI is InChI=1S/C15H17NO3S/c1-3-11-13(9-14(17)18)20-15(16-11)10-7-5-6-8-12(10)19-4-2/h5-8H,3-4,9H2,1-2H3,(H,17,18). The number of hydrogen-bond donors (Lipinski definition) is 1. The molecule has 1 aromatic heterocycles. The summed E-state index contributed by atoms with van der Waals surface area (Å²) in [6.07, 6.45) is 0.757. The zero-order valence-electron chi connectivity index (χ0n) is 11.5. The second kappa shape index (κ2) is 6.52. The lowest BCUT2D eigenvalue weighted by Gasteiger charge is -2.07. The number of aromatic nitrogens is 1. The molecule has 0 aliphatic carbocycles. The lowest BCUT2D eigenvalue weighted by Crippen LogP contribution is -2.00. The normalized spacial score (nSPS) is 10.5. The van der Waals surface area contributed by atoms with Crippen molar-refractivity contribution in [2.75, 3.05) is 6.61 Å². The van der Waals surface area contributed by atoms with Crippen molar-refractivity contribution in [2.45, 2.75) is 26.7 Å². The van der Waals surface area contributed by atoms with Crippen LogP contribution in [0.3, 0.4) is 0 Å². The van der Waals surface area contributed by atoms with E-state index < -0.39 is 5.97 Å². The van der Waals surface area contributed by atoms with Crippen LogP contribution < -0.4 is 4.74 Å². The zero-order chi connectivity index (χ0) is 14.5. The first-order valence-corrected chi connectivity index (χ1v) is 7.39. The Kier molecular flexibility index (Phi) is 4.74. The number of aliphatic carboxylic acids is 1. The molecule has 0 saturated heterocycles. The van der Waals surface area contributed by atoms with Gasteiger partial charge >= 0.3 is 5.97 Å². The summed E-state index contributed by atoms with van der Waals surface area (Å²) >= 11 is 1.43. The molecular weight excluding hydrogens is 274 g/mol. The molecule has 5 heteroatoms. The summed E-state index contributed by atoms with van der Waals surface area (Å²) in [5, 5.41) is 9.78. The number of nitrogens with zero attached hydrogens (tertiary/aromatic N) is 1. The molecule has 2 rings (SSSR count). The van der Waals surface area contributed by atoms with Crippen LogP contribution in [0.5, 0.6) is 5.75 Å². The molecule has 1 aromatic carbocycles. The first-order valence-electron chi connectivity index (χ1n) is 6.58. The number of carboxylic acids is 1. The Morgan fingerprint density at radius 1 is 1.35 bits per heavy atom. The number of thiazole rings is 1. The van der Waals surface area contributed by atoms with Gasteiger partial charge < -0.3 is 9.84 Å². The number of rotatable bonds is 6. The summed E-state index contributed by atoms with van der Waals surface area (Å²) in [4.78, 5) is 16.3. The second-order valence-electron chi connectivity index (χ2n) is 4.24. The lowest BCUT2D eigenvalue weighted by atomic mass is 10.2. The van der Waals surface area contributed by atoms with Crippen molar-refractivity contribution >= 4 is 17.3 Å². The summed E-state index contributed by atoms with van der Waals surface area (Å²) in [6.45, 7) is 4.51. The van der Waals surface area contributed by atoms with E-state index in [1.165, 1.54) is 11.3 Å². The summed E-state index contributed by atoms with van der Waals surface area (Å²) in [5.74, 6) is -0.0405. The maximum Gasteiger partial charge on any atom is 0.308 e. The molecular formula is C15H17NO3S. The zero-order valence-corrected chi connectivity index (χ0v) is 12.4. The molecule has 0 spiro atoms. The fourth-order valence-corrected chi connectivity index (χ4v) is 3.15. The van der Waals surface area contributed by atoms with Crippen LogP contribution in [0.15, 0.2) is 24.3 Å². The average molecular weight is 291 g/mol. The molecule has 20 heavy (non-hydrogen) atoms. The first-order chi connectivity index (χ1) is 9.65. The van der Waals surface area contributed by atoms with Crippen molar-refractivity contribution in [1.82, 2.24) is 4.98 Å². The number of para-hydroxylation sites is 1. The van der Waals surface area contributed by atoms with Gasteiger partial charge in [-0.2, -0.15) is 0 Å². The fraction of sp³-hybridized carbons (Fsp3) is 0.333. The molecule has 4 nitrogen and oxygen atoms in total. The fourth-order valence-electron chi connectivity index (χ4n) is 1.97. The van der Waals surface area contributed by atoms with E-state index >= 15 is 0 Å². The molecule has 0 fully saturated rings. The Hall–Kier alpha value is -1.88. The van der Waals surface area contributed by atoms with Gasteiger partial charge in [-0.15, -0.1) is 11.3 Å². The first kappa shape index (κ1) is 14.5. The molecule has 0 saturated carbocycles. The van der Waals surface area contributed by atoms with E-state index in [4.69, 9.17) is 9.84 Å². The highest BCUT2D eigenvalue weighted by atomic mass is 32.1. The number of carbonyl (C=O) groups is 1. The van der Waals surface area contributed by atoms with Gasteiger partial charge in [-0.3, -0.25) is 4.79 Å². The smallest absolute Gasteiger partial charge is 0.308 e. The number of aryl methyl sites for hydroxylation is 1. The van der Waals surface area contributed by atoms with E-state index in [0.717, 1.165) is 33.3 Å². The van der Waals surface area contributed by atoms with Crippen molar-refractivity contribution < 1.29 is 14.6 Å². The highest BCUT2D eigenvalue weighted by Crippen LogP contribution is 2.34. The van der Waals surface area contributed by atoms with Gasteiger partial charge in [0.05, 0.1) is 24.3 Å². The maximum absolute atomic E-state index is 10.9. The van der Waals surface area contributed by atoms with Gasteiger partial charge in [0.15, 0.2) is 0 Å². The van der Waals surface area contributed by atoms with Crippen LogP contribution in [0, 0.1) is 0 Å². The van der Waals surface area contributed by atoms with E-state index in [1.807, 2.05) is 38.1 Å². The Morgan fingerprint density at radius 3 is 2.75 bits per heavy atom. The average Bonchev–Trinajstić information content (AvgIpc) is 2.82. The molecule has 1 N–H and O–H groups in total. The molecule has 0 aliphatic heterocycles. The largest absolute Gasteiger partial charge is 0.493 e. The topological polar surface area (TPSA) is 59.4 Å². The van der Waals surface area contributed by atoms with Crippen LogP contribution in [-0.4, -0.2) is 22.7 Å².